The summed E-state index contributed by atoms with van der Waals surface area (Å²) in [5.41, 5.74) is 0.856. The van der Waals surface area contributed by atoms with E-state index in [2.05, 4.69) is 10.6 Å². The molecule has 9 nitrogen and oxygen atoms in total. The van der Waals surface area contributed by atoms with Crippen LogP contribution in [0.2, 0.25) is 0 Å². The maximum absolute atomic E-state index is 14.4. The van der Waals surface area contributed by atoms with Crippen molar-refractivity contribution in [1.82, 2.24) is 15.5 Å². The standard InChI is InChI=1S/C34H49N3O6/c1-22-16-15-19-25(23(22)2)28(37(32(3,4)5)27(38)21-35-31(41)43-34(9,10)11)29(39)36-26(30(40)42-33(6,7)8)20-24-17-13-12-14-18-24/h12-19,26,28H,20-21H2,1-11H3,(H,35,41)(H,36,39). The molecule has 0 bridgehead atoms. The molecule has 2 aromatic rings. The van der Waals surface area contributed by atoms with Crippen molar-refractivity contribution in [2.75, 3.05) is 6.54 Å². The Bertz CT molecular complexity index is 1290. The molecule has 9 heteroatoms. The molecule has 0 aliphatic carbocycles. The highest BCUT2D eigenvalue weighted by Gasteiger charge is 2.41. The first-order chi connectivity index (χ1) is 19.7. The van der Waals surface area contributed by atoms with Gasteiger partial charge in [-0.3, -0.25) is 9.59 Å². The highest BCUT2D eigenvalue weighted by Crippen LogP contribution is 2.32. The number of carbonyl (C=O) groups excluding carboxylic acids is 4. The van der Waals surface area contributed by atoms with E-state index >= 15 is 0 Å². The third kappa shape index (κ3) is 11.0. The second kappa shape index (κ2) is 14.1. The molecular formula is C34H49N3O6. The average Bonchev–Trinajstić information content (AvgIpc) is 2.85. The summed E-state index contributed by atoms with van der Waals surface area (Å²) < 4.78 is 11.0. The minimum atomic E-state index is -1.12. The Labute approximate surface area is 256 Å². The van der Waals surface area contributed by atoms with Crippen LogP contribution in [0.3, 0.4) is 0 Å². The molecule has 0 saturated heterocycles. The monoisotopic (exact) mass is 595 g/mol. The maximum atomic E-state index is 14.4. The zero-order chi connectivity index (χ0) is 32.8. The molecule has 0 radical (unpaired) electrons. The first-order valence-corrected chi connectivity index (χ1v) is 14.6. The smallest absolute Gasteiger partial charge is 0.408 e. The molecule has 236 valence electrons. The maximum Gasteiger partial charge on any atom is 0.408 e. The zero-order valence-corrected chi connectivity index (χ0v) is 27.6. The largest absolute Gasteiger partial charge is 0.458 e. The van der Waals surface area contributed by atoms with Gasteiger partial charge in [0.1, 0.15) is 29.8 Å². The molecule has 0 aromatic heterocycles. The van der Waals surface area contributed by atoms with Gasteiger partial charge in [-0.25, -0.2) is 9.59 Å². The number of ether oxygens (including phenoxy) is 2. The van der Waals surface area contributed by atoms with Gasteiger partial charge in [-0.15, -0.1) is 0 Å². The van der Waals surface area contributed by atoms with E-state index in [0.29, 0.717) is 5.56 Å². The Morgan fingerprint density at radius 1 is 0.791 bits per heavy atom. The number of hydrogen-bond donors (Lipinski definition) is 2. The third-order valence-corrected chi connectivity index (χ3v) is 6.51. The van der Waals surface area contributed by atoms with Crippen molar-refractivity contribution in [1.29, 1.82) is 0 Å². The summed E-state index contributed by atoms with van der Waals surface area (Å²) >= 11 is 0. The van der Waals surface area contributed by atoms with Crippen molar-refractivity contribution in [3.63, 3.8) is 0 Å². The normalized spacial score (nSPS) is 13.4. The minimum Gasteiger partial charge on any atom is -0.458 e. The Balaban J connectivity index is 2.56. The second-order valence-electron chi connectivity index (χ2n) is 13.8. The van der Waals surface area contributed by atoms with Gasteiger partial charge in [0.15, 0.2) is 0 Å². The van der Waals surface area contributed by atoms with E-state index in [9.17, 15) is 19.2 Å². The first kappa shape index (κ1) is 35.3. The van der Waals surface area contributed by atoms with E-state index in [4.69, 9.17) is 9.47 Å². The topological polar surface area (TPSA) is 114 Å². The van der Waals surface area contributed by atoms with E-state index in [0.717, 1.165) is 16.7 Å². The fourth-order valence-electron chi connectivity index (χ4n) is 4.59. The van der Waals surface area contributed by atoms with E-state index in [1.807, 2.05) is 77.1 Å². The molecule has 2 rings (SSSR count). The number of nitrogens with one attached hydrogen (secondary N) is 2. The lowest BCUT2D eigenvalue weighted by molar-refractivity contribution is -0.159. The molecule has 0 fully saturated rings. The van der Waals surface area contributed by atoms with Crippen LogP contribution in [0, 0.1) is 13.8 Å². The van der Waals surface area contributed by atoms with E-state index < -0.39 is 52.7 Å². The number of rotatable bonds is 9. The Morgan fingerprint density at radius 2 is 1.37 bits per heavy atom. The predicted octanol–water partition coefficient (Wildman–Crippen LogP) is 5.57. The van der Waals surface area contributed by atoms with Crippen molar-refractivity contribution in [2.24, 2.45) is 0 Å². The van der Waals surface area contributed by atoms with Crippen LogP contribution in [0.5, 0.6) is 0 Å². The molecule has 43 heavy (non-hydrogen) atoms. The molecule has 2 atom stereocenters. The van der Waals surface area contributed by atoms with Crippen LogP contribution in [-0.4, -0.2) is 58.1 Å². The summed E-state index contributed by atoms with van der Waals surface area (Å²) in [7, 11) is 0. The van der Waals surface area contributed by atoms with Gasteiger partial charge in [-0.05, 0) is 98.4 Å². The van der Waals surface area contributed by atoms with E-state index in [1.54, 1.807) is 47.6 Å². The van der Waals surface area contributed by atoms with Crippen LogP contribution < -0.4 is 10.6 Å². The van der Waals surface area contributed by atoms with Crippen LogP contribution in [0.4, 0.5) is 4.79 Å². The SMILES string of the molecule is Cc1cccc(C(C(=O)NC(Cc2ccccc2)C(=O)OC(C)(C)C)N(C(=O)CNC(=O)OC(C)(C)C)C(C)(C)C)c1C. The molecule has 0 spiro atoms. The number of esters is 1. The predicted molar refractivity (Wildman–Crippen MR) is 167 cm³/mol. The summed E-state index contributed by atoms with van der Waals surface area (Å²) in [5.74, 6) is -1.61. The van der Waals surface area contributed by atoms with Crippen LogP contribution in [0.25, 0.3) is 0 Å². The van der Waals surface area contributed by atoms with Crippen molar-refractivity contribution in [3.05, 3.63) is 70.8 Å². The molecule has 0 aliphatic heterocycles. The fraction of sp³-hybridized carbons (Fsp3) is 0.529. The molecular weight excluding hydrogens is 546 g/mol. The number of hydrogen-bond acceptors (Lipinski definition) is 6. The first-order valence-electron chi connectivity index (χ1n) is 14.6. The Hall–Kier alpha value is -3.88. The molecule has 0 heterocycles. The average molecular weight is 596 g/mol. The number of nitrogens with zero attached hydrogens (tertiary/aromatic N) is 1. The summed E-state index contributed by atoms with van der Waals surface area (Å²) in [5, 5.41) is 5.44. The Kier molecular flexibility index (Phi) is 11.5. The number of carbonyl (C=O) groups is 4. The van der Waals surface area contributed by atoms with Crippen molar-refractivity contribution in [2.45, 2.75) is 111 Å². The summed E-state index contributed by atoms with van der Waals surface area (Å²) in [4.78, 5) is 55.5. The third-order valence-electron chi connectivity index (χ3n) is 6.51. The van der Waals surface area contributed by atoms with Gasteiger partial charge >= 0.3 is 12.1 Å². The second-order valence-corrected chi connectivity index (χ2v) is 13.8. The number of aryl methyl sites for hydroxylation is 1. The van der Waals surface area contributed by atoms with Gasteiger partial charge in [0, 0.05) is 12.0 Å². The molecule has 2 aromatic carbocycles. The molecule has 2 N–H and O–H groups in total. The lowest BCUT2D eigenvalue weighted by Gasteiger charge is -2.42. The molecule has 2 unspecified atom stereocenters. The van der Waals surface area contributed by atoms with Gasteiger partial charge in [-0.1, -0.05) is 48.5 Å². The minimum absolute atomic E-state index is 0.199. The van der Waals surface area contributed by atoms with Gasteiger partial charge in [0.2, 0.25) is 11.8 Å². The summed E-state index contributed by atoms with van der Waals surface area (Å²) in [6.07, 6.45) is -0.541. The Morgan fingerprint density at radius 3 is 1.91 bits per heavy atom. The quantitative estimate of drug-likeness (QED) is 0.367. The summed E-state index contributed by atoms with van der Waals surface area (Å²) in [6, 6.07) is 12.8. The van der Waals surface area contributed by atoms with Crippen molar-refractivity contribution in [3.8, 4) is 0 Å². The number of benzene rings is 2. The van der Waals surface area contributed by atoms with Crippen molar-refractivity contribution >= 4 is 23.9 Å². The highest BCUT2D eigenvalue weighted by molar-refractivity contribution is 5.93. The molecule has 3 amide bonds. The van der Waals surface area contributed by atoms with Crippen LogP contribution in [0.15, 0.2) is 48.5 Å². The van der Waals surface area contributed by atoms with Crippen LogP contribution in [-0.2, 0) is 30.3 Å². The number of alkyl carbamates (subject to hydrolysis) is 1. The number of amides is 3. The van der Waals surface area contributed by atoms with E-state index in [-0.39, 0.29) is 13.0 Å². The van der Waals surface area contributed by atoms with Crippen molar-refractivity contribution < 1.29 is 28.7 Å². The van der Waals surface area contributed by atoms with Gasteiger partial charge < -0.3 is 25.0 Å². The summed E-state index contributed by atoms with van der Waals surface area (Å²) in [6.45, 7) is 19.4. The lowest BCUT2D eigenvalue weighted by Crippen LogP contribution is -2.57. The highest BCUT2D eigenvalue weighted by atomic mass is 16.6. The lowest BCUT2D eigenvalue weighted by atomic mass is 9.91. The van der Waals surface area contributed by atoms with E-state index in [1.165, 1.54) is 4.90 Å². The molecule has 0 aliphatic rings. The fourth-order valence-corrected chi connectivity index (χ4v) is 4.59. The molecule has 0 saturated carbocycles. The van der Waals surface area contributed by atoms with Gasteiger partial charge in [0.25, 0.3) is 0 Å². The van der Waals surface area contributed by atoms with Gasteiger partial charge in [0.05, 0.1) is 0 Å². The van der Waals surface area contributed by atoms with Crippen LogP contribution >= 0.6 is 0 Å². The zero-order valence-electron chi connectivity index (χ0n) is 27.6. The van der Waals surface area contributed by atoms with Crippen LogP contribution in [0.1, 0.15) is 90.6 Å². The van der Waals surface area contributed by atoms with Gasteiger partial charge in [-0.2, -0.15) is 0 Å².